The van der Waals surface area contributed by atoms with E-state index in [2.05, 4.69) is 15.9 Å². The smallest absolute Gasteiger partial charge is 0.169 e. The van der Waals surface area contributed by atoms with Crippen LogP contribution in [0.25, 0.3) is 0 Å². The molecule has 2 aromatic rings. The molecular weight excluding hydrogens is 314 g/mol. The third-order valence-electron chi connectivity index (χ3n) is 2.59. The van der Waals surface area contributed by atoms with Crippen molar-refractivity contribution in [1.29, 1.82) is 0 Å². The summed E-state index contributed by atoms with van der Waals surface area (Å²) in [5, 5.41) is 0.535. The number of hydrogen-bond acceptors (Lipinski definition) is 2. The van der Waals surface area contributed by atoms with Gasteiger partial charge >= 0.3 is 0 Å². The molecule has 2 rings (SSSR count). The molecule has 2 aromatic carbocycles. The summed E-state index contributed by atoms with van der Waals surface area (Å²) in [5.74, 6) is -0.00788. The number of halogens is 2. The number of hydrogen-bond donors (Lipinski definition) is 1. The van der Waals surface area contributed by atoms with Gasteiger partial charge in [0.2, 0.25) is 0 Å². The zero-order chi connectivity index (χ0) is 13.1. The standard InChI is InChI=1S/C14H11BrClNO/c15-10-3-1-9(2-4-10)7-14(18)12-6-5-11(16)8-13(12)17/h1-6,8H,7,17H2. The molecule has 0 bridgehead atoms. The van der Waals surface area contributed by atoms with Gasteiger partial charge in [-0.1, -0.05) is 39.7 Å². The predicted octanol–water partition coefficient (Wildman–Crippen LogP) is 4.11. The lowest BCUT2D eigenvalue weighted by Gasteiger charge is -2.05. The second-order valence-electron chi connectivity index (χ2n) is 3.96. The Hall–Kier alpha value is -1.32. The van der Waals surface area contributed by atoms with E-state index in [0.29, 0.717) is 22.7 Å². The van der Waals surface area contributed by atoms with Crippen LogP contribution in [0.4, 0.5) is 5.69 Å². The third kappa shape index (κ3) is 3.12. The second kappa shape index (κ2) is 5.55. The molecule has 0 amide bonds. The lowest BCUT2D eigenvalue weighted by Crippen LogP contribution is -2.06. The van der Waals surface area contributed by atoms with Crippen molar-refractivity contribution in [3.63, 3.8) is 0 Å². The maximum atomic E-state index is 12.1. The summed E-state index contributed by atoms with van der Waals surface area (Å²) >= 11 is 9.16. The van der Waals surface area contributed by atoms with Crippen LogP contribution >= 0.6 is 27.5 Å². The molecule has 0 heterocycles. The first-order valence-corrected chi connectivity index (χ1v) is 6.56. The van der Waals surface area contributed by atoms with Gasteiger partial charge in [-0.2, -0.15) is 0 Å². The average molecular weight is 325 g/mol. The molecule has 0 aliphatic carbocycles. The van der Waals surface area contributed by atoms with E-state index in [0.717, 1.165) is 10.0 Å². The fourth-order valence-electron chi connectivity index (χ4n) is 1.67. The highest BCUT2D eigenvalue weighted by Crippen LogP contribution is 2.20. The Bertz CT molecular complexity index is 581. The quantitative estimate of drug-likeness (QED) is 0.682. The van der Waals surface area contributed by atoms with Gasteiger partial charge in [-0.15, -0.1) is 0 Å². The number of Topliss-reactive ketones (excluding diaryl/α,β-unsaturated/α-hetero) is 1. The number of carbonyl (C=O) groups excluding carboxylic acids is 1. The van der Waals surface area contributed by atoms with E-state index in [-0.39, 0.29) is 5.78 Å². The molecule has 4 heteroatoms. The van der Waals surface area contributed by atoms with Crippen LogP contribution in [0, 0.1) is 0 Å². The van der Waals surface area contributed by atoms with Crippen molar-refractivity contribution >= 4 is 39.0 Å². The third-order valence-corrected chi connectivity index (χ3v) is 3.36. The number of nitrogens with two attached hydrogens (primary N) is 1. The monoisotopic (exact) mass is 323 g/mol. The molecule has 0 saturated carbocycles. The molecule has 92 valence electrons. The van der Waals surface area contributed by atoms with Crippen LogP contribution in [0.3, 0.4) is 0 Å². The Morgan fingerprint density at radius 2 is 1.83 bits per heavy atom. The van der Waals surface area contributed by atoms with Gasteiger partial charge in [0.15, 0.2) is 5.78 Å². The first kappa shape index (κ1) is 13.1. The molecule has 0 fully saturated rings. The van der Waals surface area contributed by atoms with Gasteiger partial charge in [0.05, 0.1) is 0 Å². The Morgan fingerprint density at radius 1 is 1.17 bits per heavy atom. The summed E-state index contributed by atoms with van der Waals surface area (Å²) in [5.41, 5.74) is 7.68. The van der Waals surface area contributed by atoms with Gasteiger partial charge in [0.1, 0.15) is 0 Å². The molecule has 0 radical (unpaired) electrons. The van der Waals surface area contributed by atoms with Crippen LogP contribution in [0.1, 0.15) is 15.9 Å². The van der Waals surface area contributed by atoms with Crippen molar-refractivity contribution < 1.29 is 4.79 Å². The van der Waals surface area contributed by atoms with Gasteiger partial charge in [-0.05, 0) is 35.9 Å². The number of benzene rings is 2. The zero-order valence-corrected chi connectivity index (χ0v) is 11.8. The number of anilines is 1. The first-order valence-electron chi connectivity index (χ1n) is 5.39. The maximum absolute atomic E-state index is 12.1. The summed E-state index contributed by atoms with van der Waals surface area (Å²) in [4.78, 5) is 12.1. The lowest BCUT2D eigenvalue weighted by atomic mass is 10.0. The minimum Gasteiger partial charge on any atom is -0.398 e. The van der Waals surface area contributed by atoms with E-state index in [4.69, 9.17) is 17.3 Å². The maximum Gasteiger partial charge on any atom is 0.169 e. The van der Waals surface area contributed by atoms with E-state index < -0.39 is 0 Å². The van der Waals surface area contributed by atoms with Crippen LogP contribution in [-0.2, 0) is 6.42 Å². The van der Waals surface area contributed by atoms with Crippen molar-refractivity contribution in [3.8, 4) is 0 Å². The Kier molecular flexibility index (Phi) is 4.04. The highest BCUT2D eigenvalue weighted by atomic mass is 79.9. The zero-order valence-electron chi connectivity index (χ0n) is 9.49. The Labute approximate surface area is 119 Å². The van der Waals surface area contributed by atoms with Crippen molar-refractivity contribution in [2.75, 3.05) is 5.73 Å². The summed E-state index contributed by atoms with van der Waals surface area (Å²) in [6.45, 7) is 0. The molecule has 0 spiro atoms. The molecule has 0 aliphatic heterocycles. The van der Waals surface area contributed by atoms with Crippen LogP contribution in [-0.4, -0.2) is 5.78 Å². The first-order chi connectivity index (χ1) is 8.56. The van der Waals surface area contributed by atoms with Crippen LogP contribution in [0.2, 0.25) is 5.02 Å². The van der Waals surface area contributed by atoms with E-state index in [1.807, 2.05) is 24.3 Å². The lowest BCUT2D eigenvalue weighted by molar-refractivity contribution is 0.0994. The van der Waals surface area contributed by atoms with E-state index in [1.165, 1.54) is 0 Å². The topological polar surface area (TPSA) is 43.1 Å². The molecule has 0 atom stereocenters. The highest BCUT2D eigenvalue weighted by Gasteiger charge is 2.10. The van der Waals surface area contributed by atoms with Gasteiger partial charge < -0.3 is 5.73 Å². The van der Waals surface area contributed by atoms with Crippen molar-refractivity contribution in [1.82, 2.24) is 0 Å². The molecule has 0 aliphatic rings. The van der Waals surface area contributed by atoms with Crippen LogP contribution in [0.15, 0.2) is 46.9 Å². The summed E-state index contributed by atoms with van der Waals surface area (Å²) in [7, 11) is 0. The van der Waals surface area contributed by atoms with Crippen molar-refractivity contribution in [3.05, 3.63) is 63.1 Å². The number of rotatable bonds is 3. The SMILES string of the molecule is Nc1cc(Cl)ccc1C(=O)Cc1ccc(Br)cc1. The van der Waals surface area contributed by atoms with Gasteiger partial charge in [0.25, 0.3) is 0 Å². The minimum atomic E-state index is -0.00788. The fraction of sp³-hybridized carbons (Fsp3) is 0.0714. The van der Waals surface area contributed by atoms with Crippen molar-refractivity contribution in [2.45, 2.75) is 6.42 Å². The minimum absolute atomic E-state index is 0.00788. The van der Waals surface area contributed by atoms with Crippen LogP contribution < -0.4 is 5.73 Å². The summed E-state index contributed by atoms with van der Waals surface area (Å²) in [6, 6.07) is 12.6. The molecule has 0 aromatic heterocycles. The van der Waals surface area contributed by atoms with Crippen molar-refractivity contribution in [2.24, 2.45) is 0 Å². The Balaban J connectivity index is 2.19. The van der Waals surface area contributed by atoms with E-state index in [9.17, 15) is 4.79 Å². The number of carbonyl (C=O) groups is 1. The van der Waals surface area contributed by atoms with Crippen LogP contribution in [0.5, 0.6) is 0 Å². The normalized spacial score (nSPS) is 10.3. The van der Waals surface area contributed by atoms with Gasteiger partial charge in [-0.25, -0.2) is 0 Å². The fourth-order valence-corrected chi connectivity index (χ4v) is 2.12. The predicted molar refractivity (Wildman–Crippen MR) is 78.0 cm³/mol. The molecule has 0 unspecified atom stereocenters. The highest BCUT2D eigenvalue weighted by molar-refractivity contribution is 9.10. The number of nitrogen functional groups attached to an aromatic ring is 1. The largest absolute Gasteiger partial charge is 0.398 e. The molecule has 2 N–H and O–H groups in total. The molecule has 0 saturated heterocycles. The summed E-state index contributed by atoms with van der Waals surface area (Å²) in [6.07, 6.45) is 0.332. The van der Waals surface area contributed by atoms with E-state index in [1.54, 1.807) is 18.2 Å². The second-order valence-corrected chi connectivity index (χ2v) is 5.31. The molecular formula is C14H11BrClNO. The molecule has 18 heavy (non-hydrogen) atoms. The molecule has 2 nitrogen and oxygen atoms in total. The Morgan fingerprint density at radius 3 is 2.44 bits per heavy atom. The van der Waals surface area contributed by atoms with Gasteiger partial charge in [-0.3, -0.25) is 4.79 Å². The summed E-state index contributed by atoms with van der Waals surface area (Å²) < 4.78 is 0.990. The average Bonchev–Trinajstić information content (AvgIpc) is 2.32. The number of ketones is 1. The van der Waals surface area contributed by atoms with E-state index >= 15 is 0 Å². The van der Waals surface area contributed by atoms with Gasteiger partial charge in [0, 0.05) is 27.2 Å².